The van der Waals surface area contributed by atoms with E-state index in [1.807, 2.05) is 0 Å². The molecule has 0 atom stereocenters. The van der Waals surface area contributed by atoms with Crippen LogP contribution >= 0.6 is 0 Å². The summed E-state index contributed by atoms with van der Waals surface area (Å²) in [5, 5.41) is 21.0. The summed E-state index contributed by atoms with van der Waals surface area (Å²) in [5.74, 6) is 0. The van der Waals surface area contributed by atoms with Gasteiger partial charge in [0.2, 0.25) is 0 Å². The van der Waals surface area contributed by atoms with Gasteiger partial charge in [-0.3, -0.25) is 0 Å². The van der Waals surface area contributed by atoms with Crippen LogP contribution in [0.5, 0.6) is 0 Å². The smallest absolute Gasteiger partial charge is 0.0689 e. The van der Waals surface area contributed by atoms with Gasteiger partial charge in [0.1, 0.15) is 0 Å². The highest BCUT2D eigenvalue weighted by molar-refractivity contribution is 4.03. The highest BCUT2D eigenvalue weighted by atomic mass is 16.9. The summed E-state index contributed by atoms with van der Waals surface area (Å²) in [4.78, 5) is 8.25. The first-order chi connectivity index (χ1) is 2.73. The highest BCUT2D eigenvalue weighted by Crippen LogP contribution is 1.44. The maximum atomic E-state index is 8.25. The van der Waals surface area contributed by atoms with Gasteiger partial charge in [0, 0.05) is 0 Å². The molecule has 7 heteroatoms. The Bertz CT molecular complexity index is 55.5. The minimum Gasteiger partial charge on any atom is -0.512 e. The Kier molecular flexibility index (Phi) is 176. The van der Waals surface area contributed by atoms with Crippen molar-refractivity contribution in [2.75, 3.05) is 0 Å². The second kappa shape index (κ2) is 46.0. The van der Waals surface area contributed by atoms with E-state index in [9.17, 15) is 0 Å². The first-order valence-corrected chi connectivity index (χ1v) is 0.771. The number of hydrogen-bond acceptors (Lipinski definition) is 4. The maximum absolute atomic E-state index is 8.25. The van der Waals surface area contributed by atoms with Gasteiger partial charge in [-0.2, -0.15) is 0 Å². The monoisotopic (exact) mass is 124 g/mol. The predicted molar refractivity (Wildman–Crippen MR) is 27.3 cm³/mol. The van der Waals surface area contributed by atoms with Crippen LogP contribution in [0.25, 0.3) is 0 Å². The van der Waals surface area contributed by atoms with Crippen molar-refractivity contribution < 1.29 is 5.09 Å². The minimum atomic E-state index is -1.75. The second-order valence-corrected chi connectivity index (χ2v) is 0.224. The SMILES string of the molecule is O=[N+]([O-])[O-].[C-]#N.[NH4+].[NH4+]. The molecule has 0 aromatic rings. The van der Waals surface area contributed by atoms with Gasteiger partial charge in [0.15, 0.2) is 0 Å². The van der Waals surface area contributed by atoms with E-state index in [1.54, 1.807) is 0 Å². The van der Waals surface area contributed by atoms with Crippen molar-refractivity contribution in [2.24, 2.45) is 0 Å². The average Bonchev–Trinajstić information content (AvgIpc) is 1.41. The van der Waals surface area contributed by atoms with Crippen LogP contribution < -0.4 is 12.3 Å². The van der Waals surface area contributed by atoms with Crippen LogP contribution in [0.2, 0.25) is 0 Å². The fourth-order valence-electron chi connectivity index (χ4n) is 0. The number of nitrogens with zero attached hydrogens (tertiary/aromatic N) is 2. The van der Waals surface area contributed by atoms with Crippen molar-refractivity contribution in [1.29, 1.82) is 5.26 Å². The Morgan fingerprint density at radius 3 is 1.25 bits per heavy atom. The lowest BCUT2D eigenvalue weighted by Gasteiger charge is -1.74. The van der Waals surface area contributed by atoms with E-state index in [0.29, 0.717) is 0 Å². The molecule has 0 aliphatic rings. The molecular formula is CH8N4O3. The molecule has 0 heterocycles. The lowest BCUT2D eigenvalue weighted by Crippen LogP contribution is -1.74. The molecule has 0 aromatic carbocycles. The van der Waals surface area contributed by atoms with E-state index in [4.69, 9.17) is 27.2 Å². The van der Waals surface area contributed by atoms with Gasteiger partial charge < -0.3 is 39.5 Å². The molecule has 8 N–H and O–H groups in total. The van der Waals surface area contributed by atoms with E-state index < -0.39 is 5.09 Å². The van der Waals surface area contributed by atoms with E-state index in [1.165, 1.54) is 0 Å². The van der Waals surface area contributed by atoms with E-state index >= 15 is 0 Å². The summed E-state index contributed by atoms with van der Waals surface area (Å²) in [6.45, 7) is 4.75. The van der Waals surface area contributed by atoms with Crippen LogP contribution in [0, 0.1) is 27.2 Å². The summed E-state index contributed by atoms with van der Waals surface area (Å²) in [7, 11) is 0. The maximum Gasteiger partial charge on any atom is 0.0689 e. The third kappa shape index (κ3) is 31.1. The number of rotatable bonds is 0. The molecule has 0 saturated carbocycles. The third-order valence-electron chi connectivity index (χ3n) is 0. The Balaban J connectivity index is -0.0000000183. The summed E-state index contributed by atoms with van der Waals surface area (Å²) >= 11 is 0. The Morgan fingerprint density at radius 1 is 1.25 bits per heavy atom. The first kappa shape index (κ1) is 30.5. The Morgan fingerprint density at radius 2 is 1.25 bits per heavy atom. The topological polar surface area (TPSA) is 163 Å². The van der Waals surface area contributed by atoms with Crippen LogP contribution in [-0.2, 0) is 0 Å². The largest absolute Gasteiger partial charge is 0.512 e. The van der Waals surface area contributed by atoms with Gasteiger partial charge in [-0.25, -0.2) is 0 Å². The lowest BCUT2D eigenvalue weighted by atomic mass is 11.9. The van der Waals surface area contributed by atoms with Crippen molar-refractivity contribution in [2.45, 2.75) is 0 Å². The second-order valence-electron chi connectivity index (χ2n) is 0.224. The molecule has 50 valence electrons. The zero-order chi connectivity index (χ0) is 5.58. The van der Waals surface area contributed by atoms with Gasteiger partial charge in [0.25, 0.3) is 0 Å². The molecule has 0 fully saturated rings. The number of quaternary nitrogens is 2. The van der Waals surface area contributed by atoms with Crippen molar-refractivity contribution in [3.8, 4) is 0 Å². The van der Waals surface area contributed by atoms with Crippen molar-refractivity contribution in [3.63, 3.8) is 0 Å². The van der Waals surface area contributed by atoms with Crippen molar-refractivity contribution >= 4 is 0 Å². The molecule has 0 aliphatic heterocycles. The van der Waals surface area contributed by atoms with Gasteiger partial charge in [-0.15, -0.1) is 0 Å². The number of hydrogen-bond donors (Lipinski definition) is 2. The minimum absolute atomic E-state index is 0. The van der Waals surface area contributed by atoms with Gasteiger partial charge >= 0.3 is 0 Å². The van der Waals surface area contributed by atoms with Crippen molar-refractivity contribution in [3.05, 3.63) is 21.9 Å². The van der Waals surface area contributed by atoms with Gasteiger partial charge in [-0.1, -0.05) is 0 Å². The van der Waals surface area contributed by atoms with Gasteiger partial charge in [0.05, 0.1) is 5.09 Å². The molecule has 0 rings (SSSR count). The molecular weight excluding hydrogens is 116 g/mol. The third-order valence-corrected chi connectivity index (χ3v) is 0. The average molecular weight is 124 g/mol. The van der Waals surface area contributed by atoms with Crippen LogP contribution in [0.1, 0.15) is 0 Å². The van der Waals surface area contributed by atoms with Crippen molar-refractivity contribution in [1.82, 2.24) is 12.3 Å². The van der Waals surface area contributed by atoms with E-state index in [0.717, 1.165) is 0 Å². The molecule has 0 bridgehead atoms. The normalized spacial score (nSPS) is 3.25. The molecule has 0 aromatic heterocycles. The standard InChI is InChI=1S/CN.NO3.2H3N/c1-2;2-1(3)4;;/h;;2*1H3/q2*-1;;/p+2. The van der Waals surface area contributed by atoms with E-state index in [2.05, 4.69) is 0 Å². The van der Waals surface area contributed by atoms with Crippen LogP contribution in [0.15, 0.2) is 0 Å². The summed E-state index contributed by atoms with van der Waals surface area (Å²) in [6, 6.07) is 0. The fraction of sp³-hybridized carbons (Fsp3) is 0. The van der Waals surface area contributed by atoms with Crippen LogP contribution in [0.3, 0.4) is 0 Å². The molecule has 0 radical (unpaired) electrons. The first-order valence-electron chi connectivity index (χ1n) is 0.771. The Labute approximate surface area is 45.8 Å². The molecule has 8 heavy (non-hydrogen) atoms. The molecule has 0 unspecified atom stereocenters. The molecule has 0 amide bonds. The predicted octanol–water partition coefficient (Wildman–Crippen LogP) is 0.610. The zero-order valence-electron chi connectivity index (χ0n) is 4.62. The lowest BCUT2D eigenvalue weighted by molar-refractivity contribution is -0.402. The van der Waals surface area contributed by atoms with Crippen LogP contribution in [-0.4, -0.2) is 5.09 Å². The molecule has 0 saturated heterocycles. The molecule has 0 spiro atoms. The van der Waals surface area contributed by atoms with E-state index in [-0.39, 0.29) is 12.3 Å². The van der Waals surface area contributed by atoms with Crippen LogP contribution in [0.4, 0.5) is 0 Å². The van der Waals surface area contributed by atoms with Gasteiger partial charge in [-0.05, 0) is 0 Å². The fourth-order valence-corrected chi connectivity index (χ4v) is 0. The highest BCUT2D eigenvalue weighted by Gasteiger charge is 1.45. The summed E-state index contributed by atoms with van der Waals surface area (Å²) in [5.41, 5.74) is 0. The zero-order valence-corrected chi connectivity index (χ0v) is 4.62. The molecule has 0 aliphatic carbocycles. The quantitative estimate of drug-likeness (QED) is 0.274. The molecule has 7 nitrogen and oxygen atoms in total. The Hall–Kier alpha value is -1.39. The summed E-state index contributed by atoms with van der Waals surface area (Å²) < 4.78 is 0. The summed E-state index contributed by atoms with van der Waals surface area (Å²) in [6.07, 6.45) is 0.